The standard InChI is InChI=1S/C15H23NSi2/c1-6-7-12-8-9-13(10(2)3)15(16(17)18)14(12)11(4)5/h8-11H,6-7H2,1-5H3. The molecule has 0 aliphatic rings. The second kappa shape index (κ2) is 6.57. The van der Waals surface area contributed by atoms with E-state index < -0.39 is 0 Å². The van der Waals surface area contributed by atoms with Gasteiger partial charge in [-0.1, -0.05) is 53.2 Å². The second-order valence-electron chi connectivity index (χ2n) is 5.47. The van der Waals surface area contributed by atoms with Crippen LogP contribution in [0.4, 0.5) is 5.69 Å². The van der Waals surface area contributed by atoms with E-state index in [0.29, 0.717) is 11.8 Å². The molecule has 0 saturated heterocycles. The summed E-state index contributed by atoms with van der Waals surface area (Å²) in [5.41, 5.74) is 5.57. The Labute approximate surface area is 119 Å². The van der Waals surface area contributed by atoms with Crippen molar-refractivity contribution < 1.29 is 0 Å². The van der Waals surface area contributed by atoms with E-state index in [0.717, 1.165) is 6.42 Å². The molecule has 1 rings (SSSR count). The van der Waals surface area contributed by atoms with Crippen LogP contribution in [0, 0.1) is 0 Å². The largest absolute Gasteiger partial charge is 0.429 e. The first-order chi connectivity index (χ1) is 8.40. The molecule has 0 aromatic heterocycles. The average Bonchev–Trinajstić information content (AvgIpc) is 2.27. The fourth-order valence-corrected chi connectivity index (χ4v) is 3.01. The quantitative estimate of drug-likeness (QED) is 0.736. The molecule has 0 aliphatic heterocycles. The van der Waals surface area contributed by atoms with Crippen molar-refractivity contribution in [1.29, 1.82) is 0 Å². The molecule has 1 nitrogen and oxygen atoms in total. The third kappa shape index (κ3) is 3.26. The Bertz CT molecular complexity index is 398. The first kappa shape index (κ1) is 15.5. The highest BCUT2D eigenvalue weighted by Gasteiger charge is 2.18. The molecule has 0 amide bonds. The van der Waals surface area contributed by atoms with Gasteiger partial charge in [-0.2, -0.15) is 0 Å². The van der Waals surface area contributed by atoms with Crippen LogP contribution in [0.3, 0.4) is 0 Å². The summed E-state index contributed by atoms with van der Waals surface area (Å²) >= 11 is 0. The summed E-state index contributed by atoms with van der Waals surface area (Å²) in [6.45, 7) is 11.3. The predicted octanol–water partition coefficient (Wildman–Crippen LogP) is 3.86. The summed E-state index contributed by atoms with van der Waals surface area (Å²) in [7, 11) is 7.21. The van der Waals surface area contributed by atoms with Crippen LogP contribution in [-0.4, -0.2) is 20.8 Å². The fraction of sp³-hybridized carbons (Fsp3) is 0.600. The van der Waals surface area contributed by atoms with Crippen molar-refractivity contribution in [3.8, 4) is 0 Å². The molecule has 1 aromatic carbocycles. The van der Waals surface area contributed by atoms with Crippen LogP contribution >= 0.6 is 0 Å². The third-order valence-electron chi connectivity index (χ3n) is 3.28. The molecule has 0 bridgehead atoms. The van der Waals surface area contributed by atoms with Crippen molar-refractivity contribution in [1.82, 2.24) is 0 Å². The van der Waals surface area contributed by atoms with Gasteiger partial charge in [0.15, 0.2) is 20.8 Å². The van der Waals surface area contributed by atoms with Gasteiger partial charge in [-0.3, -0.25) is 0 Å². The van der Waals surface area contributed by atoms with Gasteiger partial charge < -0.3 is 4.23 Å². The Morgan fingerprint density at radius 3 is 2.06 bits per heavy atom. The highest BCUT2D eigenvalue weighted by atomic mass is 28.2. The molecule has 0 unspecified atom stereocenters. The van der Waals surface area contributed by atoms with E-state index in [-0.39, 0.29) is 0 Å². The van der Waals surface area contributed by atoms with Gasteiger partial charge in [-0.25, -0.2) is 0 Å². The lowest BCUT2D eigenvalue weighted by atomic mass is 9.87. The van der Waals surface area contributed by atoms with Crippen LogP contribution in [-0.2, 0) is 6.42 Å². The summed E-state index contributed by atoms with van der Waals surface area (Å²) in [5, 5.41) is 0. The van der Waals surface area contributed by atoms with Crippen molar-refractivity contribution in [2.45, 2.75) is 59.3 Å². The van der Waals surface area contributed by atoms with Gasteiger partial charge in [0.05, 0.1) is 0 Å². The number of anilines is 1. The second-order valence-corrected chi connectivity index (χ2v) is 6.81. The summed E-state index contributed by atoms with van der Waals surface area (Å²) in [6, 6.07) is 4.57. The Hall–Kier alpha value is -0.546. The highest BCUT2D eigenvalue weighted by Crippen LogP contribution is 2.36. The van der Waals surface area contributed by atoms with E-state index in [4.69, 9.17) is 0 Å². The van der Waals surface area contributed by atoms with E-state index in [9.17, 15) is 0 Å². The van der Waals surface area contributed by atoms with Gasteiger partial charge in [0, 0.05) is 5.69 Å². The topological polar surface area (TPSA) is 3.24 Å². The Morgan fingerprint density at radius 1 is 1.06 bits per heavy atom. The Morgan fingerprint density at radius 2 is 1.67 bits per heavy atom. The Balaban J connectivity index is 3.49. The van der Waals surface area contributed by atoms with E-state index in [1.165, 1.54) is 28.8 Å². The third-order valence-corrected chi connectivity index (χ3v) is 3.73. The number of rotatable bonds is 5. The monoisotopic (exact) mass is 273 g/mol. The van der Waals surface area contributed by atoms with E-state index in [2.05, 4.69) is 67.6 Å². The van der Waals surface area contributed by atoms with Crippen molar-refractivity contribution >= 4 is 26.5 Å². The first-order valence-corrected chi connectivity index (χ1v) is 7.67. The molecule has 3 heteroatoms. The van der Waals surface area contributed by atoms with Crippen LogP contribution in [0.15, 0.2) is 12.1 Å². The smallest absolute Gasteiger partial charge is 0.178 e. The van der Waals surface area contributed by atoms with Crippen molar-refractivity contribution in [3.63, 3.8) is 0 Å². The van der Waals surface area contributed by atoms with Crippen molar-refractivity contribution in [3.05, 3.63) is 28.8 Å². The maximum absolute atomic E-state index is 3.61. The lowest BCUT2D eigenvalue weighted by molar-refractivity contribution is 0.805. The van der Waals surface area contributed by atoms with Gasteiger partial charge in [-0.15, -0.1) is 0 Å². The summed E-state index contributed by atoms with van der Waals surface area (Å²) < 4.78 is 1.91. The summed E-state index contributed by atoms with van der Waals surface area (Å²) in [4.78, 5) is 0. The van der Waals surface area contributed by atoms with Gasteiger partial charge in [0.2, 0.25) is 0 Å². The number of hydrogen-bond donors (Lipinski definition) is 0. The maximum atomic E-state index is 3.61. The molecule has 0 saturated carbocycles. The minimum absolute atomic E-state index is 0.517. The maximum Gasteiger partial charge on any atom is 0.178 e. The lowest BCUT2D eigenvalue weighted by Gasteiger charge is -2.28. The molecule has 0 fully saturated rings. The summed E-state index contributed by atoms with van der Waals surface area (Å²) in [5.74, 6) is 1.04. The Kier molecular flexibility index (Phi) is 5.66. The normalized spacial score (nSPS) is 11.4. The van der Waals surface area contributed by atoms with Crippen LogP contribution in [0.25, 0.3) is 0 Å². The fourth-order valence-electron chi connectivity index (χ4n) is 2.51. The van der Waals surface area contributed by atoms with E-state index in [1.807, 2.05) is 4.23 Å². The molecule has 0 spiro atoms. The molecule has 1 aromatic rings. The molecule has 0 heterocycles. The zero-order chi connectivity index (χ0) is 13.9. The van der Waals surface area contributed by atoms with Crippen LogP contribution in [0.2, 0.25) is 0 Å². The molecular formula is C15H23NSi2. The molecule has 6 radical (unpaired) electrons. The predicted molar refractivity (Wildman–Crippen MR) is 82.6 cm³/mol. The molecule has 0 aliphatic carbocycles. The van der Waals surface area contributed by atoms with Crippen LogP contribution in [0.5, 0.6) is 0 Å². The summed E-state index contributed by atoms with van der Waals surface area (Å²) in [6.07, 6.45) is 2.33. The molecule has 0 atom stereocenters. The molecular weight excluding hydrogens is 250 g/mol. The van der Waals surface area contributed by atoms with Crippen molar-refractivity contribution in [2.75, 3.05) is 4.23 Å². The van der Waals surface area contributed by atoms with Crippen molar-refractivity contribution in [2.24, 2.45) is 0 Å². The average molecular weight is 274 g/mol. The van der Waals surface area contributed by atoms with E-state index in [1.54, 1.807) is 0 Å². The first-order valence-electron chi connectivity index (χ1n) is 6.78. The minimum atomic E-state index is 0.517. The SMILES string of the molecule is CCCc1ccc(C(C)C)c(N([Si])[Si])c1C(C)C. The van der Waals surface area contributed by atoms with Gasteiger partial charge in [-0.05, 0) is 34.9 Å². The number of nitrogens with zero attached hydrogens (tertiary/aromatic N) is 1. The number of benzene rings is 1. The van der Waals surface area contributed by atoms with Gasteiger partial charge in [0.25, 0.3) is 0 Å². The lowest BCUT2D eigenvalue weighted by Crippen LogP contribution is -2.20. The zero-order valence-electron chi connectivity index (χ0n) is 12.2. The molecule has 18 heavy (non-hydrogen) atoms. The van der Waals surface area contributed by atoms with Crippen LogP contribution in [0.1, 0.15) is 69.6 Å². The number of aryl methyl sites for hydroxylation is 1. The minimum Gasteiger partial charge on any atom is -0.429 e. The highest BCUT2D eigenvalue weighted by molar-refractivity contribution is 6.42. The molecule has 0 N–H and O–H groups in total. The zero-order valence-corrected chi connectivity index (χ0v) is 14.2. The van der Waals surface area contributed by atoms with Gasteiger partial charge in [0.1, 0.15) is 0 Å². The number of hydrogen-bond acceptors (Lipinski definition) is 1. The molecule has 96 valence electrons. The van der Waals surface area contributed by atoms with Crippen LogP contribution < -0.4 is 4.23 Å². The van der Waals surface area contributed by atoms with E-state index >= 15 is 0 Å². The van der Waals surface area contributed by atoms with Gasteiger partial charge >= 0.3 is 0 Å².